The molecule has 0 saturated heterocycles. The number of H-pyrrole nitrogens is 1. The molecule has 0 bridgehead atoms. The maximum atomic E-state index is 11.9. The van der Waals surface area contributed by atoms with E-state index in [-0.39, 0.29) is 17.7 Å². The number of nitrogens with one attached hydrogen (secondary N) is 1. The highest BCUT2D eigenvalue weighted by Gasteiger charge is 2.04. The molecule has 0 aliphatic carbocycles. The van der Waals surface area contributed by atoms with Gasteiger partial charge in [0.25, 0.3) is 11.1 Å². The van der Waals surface area contributed by atoms with Gasteiger partial charge in [-0.25, -0.2) is 4.98 Å². The molecule has 3 rings (SSSR count). The minimum atomic E-state index is -0.190. The van der Waals surface area contributed by atoms with Gasteiger partial charge in [-0.1, -0.05) is 18.2 Å². The number of hydrogen-bond donors (Lipinski definition) is 1. The van der Waals surface area contributed by atoms with Crippen LogP contribution < -0.4 is 11.1 Å². The Hall–Kier alpha value is -2.69. The fourth-order valence-corrected chi connectivity index (χ4v) is 1.96. The molecule has 0 aliphatic heterocycles. The SMILES string of the molecule is O=c1[nH]c(Cn2ccccc2=O)nc2ccccc12. The summed E-state index contributed by atoms with van der Waals surface area (Å²) in [7, 11) is 0. The molecule has 2 heterocycles. The predicted molar refractivity (Wildman–Crippen MR) is 72.2 cm³/mol. The van der Waals surface area contributed by atoms with E-state index in [9.17, 15) is 9.59 Å². The number of fused-ring (bicyclic) bond motifs is 1. The number of aromatic nitrogens is 3. The van der Waals surface area contributed by atoms with Crippen LogP contribution in [0.5, 0.6) is 0 Å². The number of rotatable bonds is 2. The minimum Gasteiger partial charge on any atom is -0.308 e. The highest BCUT2D eigenvalue weighted by Crippen LogP contribution is 2.05. The zero-order valence-corrected chi connectivity index (χ0v) is 10.0. The first kappa shape index (κ1) is 11.4. The molecule has 0 radical (unpaired) electrons. The molecule has 0 aliphatic rings. The van der Waals surface area contributed by atoms with Gasteiger partial charge in [-0.2, -0.15) is 0 Å². The van der Waals surface area contributed by atoms with Crippen LogP contribution in [0.2, 0.25) is 0 Å². The molecule has 0 saturated carbocycles. The van der Waals surface area contributed by atoms with Crippen molar-refractivity contribution in [2.75, 3.05) is 0 Å². The van der Waals surface area contributed by atoms with Crippen molar-refractivity contribution >= 4 is 10.9 Å². The molecule has 0 amide bonds. The quantitative estimate of drug-likeness (QED) is 0.744. The molecule has 0 spiro atoms. The van der Waals surface area contributed by atoms with Crippen molar-refractivity contribution < 1.29 is 0 Å². The Kier molecular flexibility index (Phi) is 2.72. The number of hydrogen-bond acceptors (Lipinski definition) is 3. The number of para-hydroxylation sites is 1. The van der Waals surface area contributed by atoms with Crippen molar-refractivity contribution in [3.8, 4) is 0 Å². The first-order valence-electron chi connectivity index (χ1n) is 5.87. The van der Waals surface area contributed by atoms with Gasteiger partial charge in [-0.3, -0.25) is 9.59 Å². The average molecular weight is 253 g/mol. The number of nitrogens with zero attached hydrogens (tertiary/aromatic N) is 2. The zero-order valence-electron chi connectivity index (χ0n) is 10.0. The average Bonchev–Trinajstić information content (AvgIpc) is 2.42. The Morgan fingerprint density at radius 3 is 2.68 bits per heavy atom. The van der Waals surface area contributed by atoms with E-state index < -0.39 is 0 Å². The highest BCUT2D eigenvalue weighted by atomic mass is 16.1. The molecule has 94 valence electrons. The Balaban J connectivity index is 2.10. The van der Waals surface area contributed by atoms with Crippen LogP contribution in [0.4, 0.5) is 0 Å². The second-order valence-corrected chi connectivity index (χ2v) is 4.20. The standard InChI is InChI=1S/C14H11N3O2/c18-13-7-3-4-8-17(13)9-12-15-11-6-2-1-5-10(11)14(19)16-12/h1-8H,9H2,(H,15,16,19). The molecular weight excluding hydrogens is 242 g/mol. The summed E-state index contributed by atoms with van der Waals surface area (Å²) < 4.78 is 1.49. The van der Waals surface area contributed by atoms with E-state index in [0.717, 1.165) is 0 Å². The van der Waals surface area contributed by atoms with Gasteiger partial charge >= 0.3 is 0 Å². The van der Waals surface area contributed by atoms with E-state index in [2.05, 4.69) is 9.97 Å². The van der Waals surface area contributed by atoms with Crippen molar-refractivity contribution in [3.63, 3.8) is 0 Å². The van der Waals surface area contributed by atoms with Crippen molar-refractivity contribution in [2.45, 2.75) is 6.54 Å². The second kappa shape index (κ2) is 4.53. The molecule has 2 aromatic heterocycles. The molecule has 1 N–H and O–H groups in total. The number of benzene rings is 1. The van der Waals surface area contributed by atoms with Crippen LogP contribution in [-0.4, -0.2) is 14.5 Å². The largest absolute Gasteiger partial charge is 0.308 e. The molecule has 1 aromatic carbocycles. The Morgan fingerprint density at radius 1 is 1.05 bits per heavy atom. The molecular formula is C14H11N3O2. The fourth-order valence-electron chi connectivity index (χ4n) is 1.96. The molecule has 19 heavy (non-hydrogen) atoms. The molecule has 5 nitrogen and oxygen atoms in total. The molecule has 3 aromatic rings. The fraction of sp³-hybridized carbons (Fsp3) is 0.0714. The van der Waals surface area contributed by atoms with E-state index in [1.54, 1.807) is 36.5 Å². The summed E-state index contributed by atoms with van der Waals surface area (Å²) >= 11 is 0. The lowest BCUT2D eigenvalue weighted by Gasteiger charge is -2.05. The Labute approximate surface area is 108 Å². The maximum Gasteiger partial charge on any atom is 0.258 e. The van der Waals surface area contributed by atoms with Crippen molar-refractivity contribution in [3.05, 3.63) is 75.2 Å². The van der Waals surface area contributed by atoms with Gasteiger partial charge in [-0.05, 0) is 18.2 Å². The third-order valence-electron chi connectivity index (χ3n) is 2.88. The van der Waals surface area contributed by atoms with Crippen molar-refractivity contribution in [2.24, 2.45) is 0 Å². The summed E-state index contributed by atoms with van der Waals surface area (Å²) in [5.41, 5.74) is 0.313. The number of pyridine rings is 1. The van der Waals surface area contributed by atoms with E-state index in [1.807, 2.05) is 6.07 Å². The van der Waals surface area contributed by atoms with Gasteiger partial charge < -0.3 is 9.55 Å². The monoisotopic (exact) mass is 253 g/mol. The van der Waals surface area contributed by atoms with Crippen LogP contribution in [0.1, 0.15) is 5.82 Å². The number of aromatic amines is 1. The summed E-state index contributed by atoms with van der Waals surface area (Å²) in [4.78, 5) is 30.6. The van der Waals surface area contributed by atoms with E-state index >= 15 is 0 Å². The van der Waals surface area contributed by atoms with Crippen LogP contribution in [0.25, 0.3) is 10.9 Å². The Bertz CT molecular complexity index is 849. The van der Waals surface area contributed by atoms with Crippen LogP contribution in [0, 0.1) is 0 Å². The normalized spacial score (nSPS) is 10.7. The highest BCUT2D eigenvalue weighted by molar-refractivity contribution is 5.77. The van der Waals surface area contributed by atoms with Crippen LogP contribution in [0.15, 0.2) is 58.3 Å². The third kappa shape index (κ3) is 2.18. The molecule has 0 fully saturated rings. The van der Waals surface area contributed by atoms with Gasteiger partial charge in [0.15, 0.2) is 0 Å². The third-order valence-corrected chi connectivity index (χ3v) is 2.88. The van der Waals surface area contributed by atoms with E-state index in [4.69, 9.17) is 0 Å². The van der Waals surface area contributed by atoms with Crippen molar-refractivity contribution in [1.82, 2.24) is 14.5 Å². The molecule has 0 unspecified atom stereocenters. The van der Waals surface area contributed by atoms with Crippen LogP contribution in [-0.2, 0) is 6.54 Å². The van der Waals surface area contributed by atoms with Crippen molar-refractivity contribution in [1.29, 1.82) is 0 Å². The van der Waals surface area contributed by atoms with E-state index in [1.165, 1.54) is 10.6 Å². The van der Waals surface area contributed by atoms with E-state index in [0.29, 0.717) is 16.7 Å². The lowest BCUT2D eigenvalue weighted by Crippen LogP contribution is -2.21. The lowest BCUT2D eigenvalue weighted by molar-refractivity contribution is 0.715. The molecule has 5 heteroatoms. The maximum absolute atomic E-state index is 11.9. The van der Waals surface area contributed by atoms with Crippen LogP contribution in [0.3, 0.4) is 0 Å². The summed E-state index contributed by atoms with van der Waals surface area (Å²) in [6.07, 6.45) is 1.66. The zero-order chi connectivity index (χ0) is 13.2. The lowest BCUT2D eigenvalue weighted by atomic mass is 10.2. The summed E-state index contributed by atoms with van der Waals surface area (Å²) in [6.45, 7) is 0.250. The second-order valence-electron chi connectivity index (χ2n) is 4.20. The molecule has 0 atom stereocenters. The predicted octanol–water partition coefficient (Wildman–Crippen LogP) is 1.13. The first-order chi connectivity index (χ1) is 9.24. The van der Waals surface area contributed by atoms with Crippen LogP contribution >= 0.6 is 0 Å². The summed E-state index contributed by atoms with van der Waals surface area (Å²) in [6, 6.07) is 12.0. The summed E-state index contributed by atoms with van der Waals surface area (Å²) in [5.74, 6) is 0.469. The smallest absolute Gasteiger partial charge is 0.258 e. The van der Waals surface area contributed by atoms with Gasteiger partial charge in [-0.15, -0.1) is 0 Å². The van der Waals surface area contributed by atoms with Gasteiger partial charge in [0, 0.05) is 12.3 Å². The Morgan fingerprint density at radius 2 is 1.84 bits per heavy atom. The topological polar surface area (TPSA) is 67.8 Å². The van der Waals surface area contributed by atoms with Gasteiger partial charge in [0.05, 0.1) is 17.4 Å². The summed E-state index contributed by atoms with van der Waals surface area (Å²) in [5, 5.41) is 0.548. The van der Waals surface area contributed by atoms with Gasteiger partial charge in [0.2, 0.25) is 0 Å². The minimum absolute atomic E-state index is 0.127. The van der Waals surface area contributed by atoms with Gasteiger partial charge in [0.1, 0.15) is 5.82 Å². The first-order valence-corrected chi connectivity index (χ1v) is 5.87.